The molecule has 214 valence electrons. The van der Waals surface area contributed by atoms with Gasteiger partial charge in [0, 0.05) is 30.1 Å². The van der Waals surface area contributed by atoms with Crippen LogP contribution >= 0.6 is 22.9 Å². The van der Waals surface area contributed by atoms with Crippen LogP contribution in [0.2, 0.25) is 5.02 Å². The van der Waals surface area contributed by atoms with Crippen molar-refractivity contribution >= 4 is 50.7 Å². The Hall–Kier alpha value is -3.66. The summed E-state index contributed by atoms with van der Waals surface area (Å²) < 4.78 is 83.0. The molecule has 0 saturated heterocycles. The highest BCUT2D eigenvalue weighted by atomic mass is 35.5. The maximum atomic E-state index is 13.7. The number of anilines is 1. The van der Waals surface area contributed by atoms with Gasteiger partial charge >= 0.3 is 12.4 Å². The van der Waals surface area contributed by atoms with E-state index >= 15 is 0 Å². The number of thiophene rings is 1. The van der Waals surface area contributed by atoms with Crippen molar-refractivity contribution in [2.24, 2.45) is 5.73 Å². The van der Waals surface area contributed by atoms with Crippen LogP contribution in [0.1, 0.15) is 45.8 Å². The molecule has 0 aliphatic carbocycles. The van der Waals surface area contributed by atoms with Crippen molar-refractivity contribution in [1.82, 2.24) is 24.5 Å². The molecule has 0 saturated carbocycles. The fourth-order valence-electron chi connectivity index (χ4n) is 4.03. The first-order chi connectivity index (χ1) is 18.5. The summed E-state index contributed by atoms with van der Waals surface area (Å²) in [5.41, 5.74) is 3.49. The van der Waals surface area contributed by atoms with E-state index in [0.29, 0.717) is 29.1 Å². The van der Waals surface area contributed by atoms with Crippen molar-refractivity contribution in [2.75, 3.05) is 5.32 Å². The van der Waals surface area contributed by atoms with Crippen molar-refractivity contribution in [2.45, 2.75) is 52.6 Å². The lowest BCUT2D eigenvalue weighted by Crippen LogP contribution is -2.19. The van der Waals surface area contributed by atoms with Gasteiger partial charge in [0.1, 0.15) is 15.4 Å². The summed E-state index contributed by atoms with van der Waals surface area (Å²) in [4.78, 5) is 28.4. The third-order valence-electron chi connectivity index (χ3n) is 5.95. The number of nitrogens with zero attached hydrogens (tertiary/aromatic N) is 5. The Labute approximate surface area is 230 Å². The predicted molar refractivity (Wildman–Crippen MR) is 135 cm³/mol. The average Bonchev–Trinajstić information content (AvgIpc) is 3.50. The van der Waals surface area contributed by atoms with Gasteiger partial charge in [0.05, 0.1) is 28.6 Å². The normalized spacial score (nSPS) is 12.3. The maximum Gasteiger partial charge on any atom is 0.436 e. The third-order valence-corrected chi connectivity index (χ3v) is 7.50. The number of primary amides is 1. The van der Waals surface area contributed by atoms with Crippen LogP contribution in [0.3, 0.4) is 0 Å². The van der Waals surface area contributed by atoms with Crippen LogP contribution in [0.4, 0.5) is 32.0 Å². The SMILES string of the molecule is CCn1cc(-c2cc(C(F)(F)F)nc3sc(C(N)=O)c(NC(=O)CCn4nc(C(F)(F)F)c(Cl)c4C)c23)c(C)n1. The predicted octanol–water partition coefficient (Wildman–Crippen LogP) is 5.81. The van der Waals surface area contributed by atoms with Crippen LogP contribution in [-0.4, -0.2) is 36.4 Å². The van der Waals surface area contributed by atoms with Gasteiger partial charge in [-0.1, -0.05) is 11.6 Å². The van der Waals surface area contributed by atoms with Crippen LogP contribution in [0.25, 0.3) is 21.3 Å². The summed E-state index contributed by atoms with van der Waals surface area (Å²) in [6.45, 7) is 4.79. The van der Waals surface area contributed by atoms with Gasteiger partial charge in [0.15, 0.2) is 5.69 Å². The van der Waals surface area contributed by atoms with Crippen molar-refractivity contribution < 1.29 is 35.9 Å². The summed E-state index contributed by atoms with van der Waals surface area (Å²) in [6, 6.07) is 0.799. The lowest BCUT2D eigenvalue weighted by atomic mass is 10.0. The van der Waals surface area contributed by atoms with E-state index in [-0.39, 0.29) is 38.6 Å². The molecular weight excluding hydrogens is 588 g/mol. The first kappa shape index (κ1) is 29.3. The molecule has 0 aromatic carbocycles. The Balaban J connectivity index is 1.78. The Morgan fingerprint density at radius 2 is 1.77 bits per heavy atom. The molecular formula is C23H20ClF6N7O2S. The third kappa shape index (κ3) is 5.50. The second-order valence-electron chi connectivity index (χ2n) is 8.65. The summed E-state index contributed by atoms with van der Waals surface area (Å²) in [5.74, 6) is -1.79. The van der Waals surface area contributed by atoms with E-state index in [9.17, 15) is 35.9 Å². The zero-order chi connectivity index (χ0) is 29.7. The quantitative estimate of drug-likeness (QED) is 0.257. The molecule has 2 amide bonds. The number of nitrogens with two attached hydrogens (primary N) is 1. The molecule has 3 N–H and O–H groups in total. The van der Waals surface area contributed by atoms with Crippen molar-refractivity contribution in [3.8, 4) is 11.1 Å². The number of amides is 2. The van der Waals surface area contributed by atoms with E-state index in [1.54, 1.807) is 13.8 Å². The van der Waals surface area contributed by atoms with Gasteiger partial charge in [-0.25, -0.2) is 4.98 Å². The van der Waals surface area contributed by atoms with Gasteiger partial charge in [-0.05, 0) is 32.4 Å². The minimum absolute atomic E-state index is 0.0121. The Kier molecular flexibility index (Phi) is 7.62. The first-order valence-electron chi connectivity index (χ1n) is 11.5. The molecule has 0 radical (unpaired) electrons. The number of hydrogen-bond acceptors (Lipinski definition) is 6. The molecule has 17 heteroatoms. The van der Waals surface area contributed by atoms with Crippen molar-refractivity contribution in [1.29, 1.82) is 0 Å². The fraction of sp³-hybridized carbons (Fsp3) is 0.348. The van der Waals surface area contributed by atoms with E-state index < -0.39 is 47.0 Å². The van der Waals surface area contributed by atoms with Gasteiger partial charge in [-0.15, -0.1) is 11.3 Å². The molecule has 0 bridgehead atoms. The number of carbonyl (C=O) groups is 2. The number of hydrogen-bond donors (Lipinski definition) is 2. The highest BCUT2D eigenvalue weighted by Gasteiger charge is 2.38. The molecule has 4 heterocycles. The minimum Gasteiger partial charge on any atom is -0.365 e. The summed E-state index contributed by atoms with van der Waals surface area (Å²) in [7, 11) is 0. The number of aromatic nitrogens is 5. The first-order valence-corrected chi connectivity index (χ1v) is 12.7. The Bertz CT molecular complexity index is 1640. The van der Waals surface area contributed by atoms with Gasteiger partial charge in [0.2, 0.25) is 5.91 Å². The number of carbonyl (C=O) groups excluding carboxylic acids is 2. The number of rotatable bonds is 7. The van der Waals surface area contributed by atoms with E-state index in [1.807, 2.05) is 0 Å². The molecule has 4 aromatic heterocycles. The smallest absolute Gasteiger partial charge is 0.365 e. The molecule has 0 unspecified atom stereocenters. The molecule has 0 fully saturated rings. The largest absolute Gasteiger partial charge is 0.436 e. The highest BCUT2D eigenvalue weighted by molar-refractivity contribution is 7.21. The topological polar surface area (TPSA) is 121 Å². The fourth-order valence-corrected chi connectivity index (χ4v) is 5.28. The van der Waals surface area contributed by atoms with E-state index in [4.69, 9.17) is 17.3 Å². The lowest BCUT2D eigenvalue weighted by Gasteiger charge is -2.12. The van der Waals surface area contributed by atoms with Gasteiger partial charge in [-0.2, -0.15) is 36.5 Å². The van der Waals surface area contributed by atoms with Gasteiger partial charge in [-0.3, -0.25) is 19.0 Å². The number of fused-ring (bicyclic) bond motifs is 1. The Morgan fingerprint density at radius 1 is 1.10 bits per heavy atom. The molecule has 40 heavy (non-hydrogen) atoms. The van der Waals surface area contributed by atoms with E-state index in [1.165, 1.54) is 17.8 Å². The van der Waals surface area contributed by atoms with E-state index in [2.05, 4.69) is 20.5 Å². The second-order valence-corrected chi connectivity index (χ2v) is 10.0. The van der Waals surface area contributed by atoms with Gasteiger partial charge < -0.3 is 11.1 Å². The zero-order valence-corrected chi connectivity index (χ0v) is 22.5. The highest BCUT2D eigenvalue weighted by Crippen LogP contribution is 2.44. The van der Waals surface area contributed by atoms with Crippen LogP contribution in [0.5, 0.6) is 0 Å². The zero-order valence-electron chi connectivity index (χ0n) is 21.0. The minimum atomic E-state index is -4.82. The van der Waals surface area contributed by atoms with Crippen molar-refractivity contribution in [3.05, 3.63) is 44.9 Å². The monoisotopic (exact) mass is 607 g/mol. The van der Waals surface area contributed by atoms with Crippen LogP contribution in [0.15, 0.2) is 12.3 Å². The number of halogens is 7. The molecule has 9 nitrogen and oxygen atoms in total. The van der Waals surface area contributed by atoms with Crippen LogP contribution in [0, 0.1) is 13.8 Å². The number of nitrogens with one attached hydrogen (secondary N) is 1. The molecule has 0 aliphatic heterocycles. The molecule has 0 spiro atoms. The average molecular weight is 608 g/mol. The second kappa shape index (κ2) is 10.4. The summed E-state index contributed by atoms with van der Waals surface area (Å²) in [5, 5.41) is 9.63. The lowest BCUT2D eigenvalue weighted by molar-refractivity contribution is -0.142. The van der Waals surface area contributed by atoms with Crippen LogP contribution < -0.4 is 11.1 Å². The standard InChI is InChI=1S/C23H20ClF6N7O2S/c1-4-36-8-12(9(2)34-36)11-7-13(22(25,26)27)32-21-15(11)17(18(40-21)20(31)39)33-14(38)5-6-37-10(3)16(24)19(35-37)23(28,29)30/h7-8H,4-6H2,1-3H3,(H2,31,39)(H,33,38). The summed E-state index contributed by atoms with van der Waals surface area (Å²) in [6.07, 6.45) is -8.51. The molecule has 4 rings (SSSR count). The van der Waals surface area contributed by atoms with Crippen LogP contribution in [-0.2, 0) is 30.2 Å². The Morgan fingerprint density at radius 3 is 2.30 bits per heavy atom. The summed E-state index contributed by atoms with van der Waals surface area (Å²) >= 11 is 6.32. The molecule has 0 atom stereocenters. The number of pyridine rings is 1. The maximum absolute atomic E-state index is 13.7. The molecule has 0 aliphatic rings. The van der Waals surface area contributed by atoms with Gasteiger partial charge in [0.25, 0.3) is 5.91 Å². The number of alkyl halides is 6. The number of aryl methyl sites for hydroxylation is 3. The van der Waals surface area contributed by atoms with E-state index in [0.717, 1.165) is 10.7 Å². The molecule has 4 aromatic rings. The van der Waals surface area contributed by atoms with Crippen molar-refractivity contribution in [3.63, 3.8) is 0 Å².